The smallest absolute Gasteiger partial charge is 0.0642 e. The predicted molar refractivity (Wildman–Crippen MR) is 78.1 cm³/mol. The highest BCUT2D eigenvalue weighted by Gasteiger charge is 2.09. The van der Waals surface area contributed by atoms with Crippen LogP contribution in [0.4, 0.5) is 5.69 Å². The van der Waals surface area contributed by atoms with Crippen LogP contribution in [0.2, 0.25) is 5.02 Å². The first-order chi connectivity index (χ1) is 8.04. The fraction of sp³-hybridized carbons (Fsp3) is 0.467. The molecule has 0 aliphatic carbocycles. The first-order valence-electron chi connectivity index (χ1n) is 6.20. The molecule has 94 valence electrons. The molecule has 0 amide bonds. The van der Waals surface area contributed by atoms with E-state index in [0.29, 0.717) is 0 Å². The van der Waals surface area contributed by atoms with Gasteiger partial charge in [0.05, 0.1) is 10.7 Å². The van der Waals surface area contributed by atoms with E-state index in [9.17, 15) is 0 Å². The van der Waals surface area contributed by atoms with Crippen molar-refractivity contribution in [2.24, 2.45) is 0 Å². The molecule has 0 saturated carbocycles. The number of rotatable bonds is 6. The Bertz CT molecular complexity index is 385. The quantitative estimate of drug-likeness (QED) is 0.655. The molecular weight excluding hydrogens is 230 g/mol. The zero-order chi connectivity index (χ0) is 12.8. The van der Waals surface area contributed by atoms with Crippen molar-refractivity contribution in [3.63, 3.8) is 0 Å². The van der Waals surface area contributed by atoms with Crippen molar-refractivity contribution >= 4 is 17.3 Å². The summed E-state index contributed by atoms with van der Waals surface area (Å²) in [6, 6.07) is 6.26. The van der Waals surface area contributed by atoms with Gasteiger partial charge in [-0.2, -0.15) is 0 Å². The number of halogens is 1. The molecule has 1 aromatic rings. The van der Waals surface area contributed by atoms with Gasteiger partial charge in [0.25, 0.3) is 0 Å². The van der Waals surface area contributed by atoms with E-state index in [0.717, 1.165) is 36.6 Å². The van der Waals surface area contributed by atoms with Crippen LogP contribution in [0.5, 0.6) is 0 Å². The van der Waals surface area contributed by atoms with Crippen LogP contribution in [0, 0.1) is 6.92 Å². The van der Waals surface area contributed by atoms with E-state index in [1.165, 1.54) is 11.1 Å². The average molecular weight is 252 g/mol. The third-order valence-corrected chi connectivity index (χ3v) is 3.05. The molecule has 0 bridgehead atoms. The maximum absolute atomic E-state index is 6.31. The maximum atomic E-state index is 6.31. The molecule has 0 aliphatic heterocycles. The third-order valence-electron chi connectivity index (χ3n) is 2.75. The molecular formula is C15H22ClN. The Morgan fingerprint density at radius 2 is 2.06 bits per heavy atom. The summed E-state index contributed by atoms with van der Waals surface area (Å²) in [5.41, 5.74) is 3.56. The first-order valence-corrected chi connectivity index (χ1v) is 6.58. The van der Waals surface area contributed by atoms with Gasteiger partial charge in [-0.15, -0.1) is 6.58 Å². The highest BCUT2D eigenvalue weighted by Crippen LogP contribution is 2.27. The Hall–Kier alpha value is -0.950. The number of hydrogen-bond acceptors (Lipinski definition) is 1. The number of aryl methyl sites for hydroxylation is 1. The SMILES string of the molecule is C=C(C)CCN(CCC)c1ccc(C)cc1Cl. The van der Waals surface area contributed by atoms with Gasteiger partial charge in [-0.25, -0.2) is 0 Å². The monoisotopic (exact) mass is 251 g/mol. The van der Waals surface area contributed by atoms with Gasteiger partial charge in [0.15, 0.2) is 0 Å². The minimum atomic E-state index is 0.847. The summed E-state index contributed by atoms with van der Waals surface area (Å²) in [5.74, 6) is 0. The lowest BCUT2D eigenvalue weighted by molar-refractivity contribution is 0.754. The van der Waals surface area contributed by atoms with Gasteiger partial charge in [-0.3, -0.25) is 0 Å². The number of benzene rings is 1. The van der Waals surface area contributed by atoms with E-state index in [-0.39, 0.29) is 0 Å². The molecule has 0 saturated heterocycles. The topological polar surface area (TPSA) is 3.24 Å². The lowest BCUT2D eigenvalue weighted by Crippen LogP contribution is -2.25. The van der Waals surface area contributed by atoms with Crippen molar-refractivity contribution < 1.29 is 0 Å². The third kappa shape index (κ3) is 4.43. The Morgan fingerprint density at radius 1 is 1.35 bits per heavy atom. The summed E-state index contributed by atoms with van der Waals surface area (Å²) in [7, 11) is 0. The maximum Gasteiger partial charge on any atom is 0.0642 e. The molecule has 1 nitrogen and oxygen atoms in total. The van der Waals surface area contributed by atoms with Gasteiger partial charge in [-0.1, -0.05) is 30.2 Å². The first kappa shape index (κ1) is 14.1. The van der Waals surface area contributed by atoms with Crippen molar-refractivity contribution in [3.05, 3.63) is 40.9 Å². The molecule has 0 unspecified atom stereocenters. The normalized spacial score (nSPS) is 10.4. The highest BCUT2D eigenvalue weighted by molar-refractivity contribution is 6.33. The lowest BCUT2D eigenvalue weighted by atomic mass is 10.2. The standard InChI is InChI=1S/C15H22ClN/c1-5-9-17(10-8-12(2)3)15-7-6-13(4)11-14(15)16/h6-7,11H,2,5,8-10H2,1,3-4H3. The largest absolute Gasteiger partial charge is 0.370 e. The Morgan fingerprint density at radius 3 is 2.59 bits per heavy atom. The number of nitrogens with zero attached hydrogens (tertiary/aromatic N) is 1. The van der Waals surface area contributed by atoms with Gasteiger partial charge in [-0.05, 0) is 44.4 Å². The number of anilines is 1. The summed E-state index contributed by atoms with van der Waals surface area (Å²) in [6.07, 6.45) is 2.14. The van der Waals surface area contributed by atoms with Crippen LogP contribution < -0.4 is 4.90 Å². The van der Waals surface area contributed by atoms with Crippen LogP contribution in [0.1, 0.15) is 32.3 Å². The molecule has 17 heavy (non-hydrogen) atoms. The van der Waals surface area contributed by atoms with Crippen LogP contribution in [-0.2, 0) is 0 Å². The highest BCUT2D eigenvalue weighted by atomic mass is 35.5. The zero-order valence-electron chi connectivity index (χ0n) is 11.1. The van der Waals surface area contributed by atoms with E-state index in [2.05, 4.69) is 44.4 Å². The van der Waals surface area contributed by atoms with Crippen molar-refractivity contribution in [1.29, 1.82) is 0 Å². The summed E-state index contributed by atoms with van der Waals surface area (Å²) in [5, 5.41) is 0.847. The molecule has 0 heterocycles. The van der Waals surface area contributed by atoms with Crippen LogP contribution in [0.3, 0.4) is 0 Å². The second kappa shape index (κ2) is 6.70. The minimum absolute atomic E-state index is 0.847. The van der Waals surface area contributed by atoms with Crippen LogP contribution in [-0.4, -0.2) is 13.1 Å². The van der Waals surface area contributed by atoms with Crippen molar-refractivity contribution in [3.8, 4) is 0 Å². The van der Waals surface area contributed by atoms with Crippen molar-refractivity contribution in [2.45, 2.75) is 33.6 Å². The van der Waals surface area contributed by atoms with Gasteiger partial charge in [0, 0.05) is 13.1 Å². The van der Waals surface area contributed by atoms with E-state index in [4.69, 9.17) is 11.6 Å². The fourth-order valence-electron chi connectivity index (χ4n) is 1.82. The molecule has 0 spiro atoms. The lowest BCUT2D eigenvalue weighted by Gasteiger charge is -2.25. The molecule has 0 N–H and O–H groups in total. The molecule has 0 aliphatic rings. The molecule has 0 atom stereocenters. The molecule has 2 heteroatoms. The minimum Gasteiger partial charge on any atom is -0.370 e. The summed E-state index contributed by atoms with van der Waals surface area (Å²) >= 11 is 6.31. The van der Waals surface area contributed by atoms with Crippen LogP contribution in [0.15, 0.2) is 30.4 Å². The Labute approximate surface area is 110 Å². The second-order valence-electron chi connectivity index (χ2n) is 4.65. The number of hydrogen-bond donors (Lipinski definition) is 0. The van der Waals surface area contributed by atoms with E-state index >= 15 is 0 Å². The van der Waals surface area contributed by atoms with Gasteiger partial charge in [0.1, 0.15) is 0 Å². The van der Waals surface area contributed by atoms with Gasteiger partial charge in [0.2, 0.25) is 0 Å². The molecule has 0 radical (unpaired) electrons. The second-order valence-corrected chi connectivity index (χ2v) is 5.06. The van der Waals surface area contributed by atoms with Gasteiger partial charge >= 0.3 is 0 Å². The van der Waals surface area contributed by atoms with E-state index < -0.39 is 0 Å². The van der Waals surface area contributed by atoms with E-state index in [1.54, 1.807) is 0 Å². The Balaban J connectivity index is 2.84. The molecule has 0 aromatic heterocycles. The summed E-state index contributed by atoms with van der Waals surface area (Å²) < 4.78 is 0. The summed E-state index contributed by atoms with van der Waals surface area (Å²) in [6.45, 7) is 12.3. The van der Waals surface area contributed by atoms with Crippen LogP contribution in [0.25, 0.3) is 0 Å². The molecule has 1 rings (SSSR count). The van der Waals surface area contributed by atoms with E-state index in [1.807, 2.05) is 6.07 Å². The van der Waals surface area contributed by atoms with Crippen molar-refractivity contribution in [1.82, 2.24) is 0 Å². The molecule has 0 fully saturated rings. The van der Waals surface area contributed by atoms with Crippen molar-refractivity contribution in [2.75, 3.05) is 18.0 Å². The Kier molecular flexibility index (Phi) is 5.57. The summed E-state index contributed by atoms with van der Waals surface area (Å²) in [4.78, 5) is 2.34. The zero-order valence-corrected chi connectivity index (χ0v) is 11.8. The molecule has 1 aromatic carbocycles. The van der Waals surface area contributed by atoms with Gasteiger partial charge < -0.3 is 4.90 Å². The fourth-order valence-corrected chi connectivity index (χ4v) is 2.17. The predicted octanol–water partition coefficient (Wildman–Crippen LogP) is 4.83. The average Bonchev–Trinajstić information content (AvgIpc) is 2.24. The van der Waals surface area contributed by atoms with Crippen LogP contribution >= 0.6 is 11.6 Å².